The van der Waals surface area contributed by atoms with Gasteiger partial charge in [-0.15, -0.1) is 0 Å². The van der Waals surface area contributed by atoms with Crippen LogP contribution in [0.2, 0.25) is 0 Å². The Bertz CT molecular complexity index is 1010. The number of halogens is 1. The number of rotatable bonds is 2. The highest BCUT2D eigenvalue weighted by molar-refractivity contribution is 5.91. The fourth-order valence-corrected chi connectivity index (χ4v) is 7.46. The van der Waals surface area contributed by atoms with Crippen LogP contribution in [-0.2, 0) is 19.6 Å². The SMILES string of the molecule is COC(=O)N1CC2(CCN(C3CC4CCCN(C(=O)O[C@@H]5CCOC5)C4C3)CC2)c2cc(F)ccc21. The number of carbonyl (C=O) groups is 2. The maximum Gasteiger partial charge on any atom is 0.414 e. The van der Waals surface area contributed by atoms with Crippen LogP contribution >= 0.6 is 0 Å². The van der Waals surface area contributed by atoms with Crippen LogP contribution < -0.4 is 4.90 Å². The Balaban J connectivity index is 1.12. The van der Waals surface area contributed by atoms with E-state index in [0.29, 0.717) is 31.7 Å². The van der Waals surface area contributed by atoms with E-state index in [-0.39, 0.29) is 29.5 Å². The highest BCUT2D eigenvalue weighted by Gasteiger charge is 2.50. The number of fused-ring (bicyclic) bond motifs is 3. The topological polar surface area (TPSA) is 71.6 Å². The number of hydrogen-bond acceptors (Lipinski definition) is 6. The molecule has 1 aromatic rings. The van der Waals surface area contributed by atoms with E-state index in [1.54, 1.807) is 17.0 Å². The highest BCUT2D eigenvalue weighted by atomic mass is 19.1. The van der Waals surface area contributed by atoms with Crippen LogP contribution in [0.5, 0.6) is 0 Å². The number of ether oxygens (including phenoxy) is 3. The van der Waals surface area contributed by atoms with Crippen molar-refractivity contribution in [2.75, 3.05) is 51.4 Å². The zero-order valence-corrected chi connectivity index (χ0v) is 21.0. The molecule has 0 aromatic heterocycles. The maximum atomic E-state index is 14.2. The first-order valence-electron chi connectivity index (χ1n) is 13.4. The summed E-state index contributed by atoms with van der Waals surface area (Å²) in [6.07, 6.45) is 6.12. The summed E-state index contributed by atoms with van der Waals surface area (Å²) in [6.45, 7) is 4.28. The van der Waals surface area contributed by atoms with Crippen LogP contribution in [0, 0.1) is 11.7 Å². The van der Waals surface area contributed by atoms with Gasteiger partial charge in [0.1, 0.15) is 11.9 Å². The average Bonchev–Trinajstić information content (AvgIpc) is 3.62. The van der Waals surface area contributed by atoms with Gasteiger partial charge in [0.15, 0.2) is 0 Å². The number of methoxy groups -OCH3 is 1. The van der Waals surface area contributed by atoms with Gasteiger partial charge < -0.3 is 24.0 Å². The molecule has 3 unspecified atom stereocenters. The Morgan fingerprint density at radius 3 is 2.69 bits per heavy atom. The van der Waals surface area contributed by atoms with Crippen LogP contribution in [0.15, 0.2) is 18.2 Å². The van der Waals surface area contributed by atoms with E-state index in [1.807, 2.05) is 4.90 Å². The van der Waals surface area contributed by atoms with Crippen LogP contribution in [0.1, 0.15) is 50.5 Å². The Hall–Kier alpha value is -2.39. The van der Waals surface area contributed by atoms with Gasteiger partial charge in [-0.2, -0.15) is 0 Å². The molecule has 2 amide bonds. The van der Waals surface area contributed by atoms with Gasteiger partial charge in [-0.3, -0.25) is 4.90 Å². The van der Waals surface area contributed by atoms with E-state index < -0.39 is 6.09 Å². The number of nitrogens with zero attached hydrogens (tertiary/aromatic N) is 3. The van der Waals surface area contributed by atoms with Crippen molar-refractivity contribution in [3.63, 3.8) is 0 Å². The maximum absolute atomic E-state index is 14.2. The van der Waals surface area contributed by atoms with Gasteiger partial charge >= 0.3 is 12.2 Å². The van der Waals surface area contributed by atoms with E-state index in [4.69, 9.17) is 14.2 Å². The van der Waals surface area contributed by atoms with E-state index in [0.717, 1.165) is 75.8 Å². The van der Waals surface area contributed by atoms with Crippen molar-refractivity contribution in [1.82, 2.24) is 9.80 Å². The number of anilines is 1. The largest absolute Gasteiger partial charge is 0.452 e. The molecule has 4 aliphatic heterocycles. The molecule has 8 nitrogen and oxygen atoms in total. The monoisotopic (exact) mass is 501 g/mol. The van der Waals surface area contributed by atoms with Crippen molar-refractivity contribution in [2.24, 2.45) is 5.92 Å². The second-order valence-electron chi connectivity index (χ2n) is 11.2. The quantitative estimate of drug-likeness (QED) is 0.612. The second-order valence-corrected chi connectivity index (χ2v) is 11.2. The standard InChI is InChI=1S/C27H36FN3O5/c1-34-25(32)31-17-27(22-14-19(28)4-5-23(22)31)7-10-29(11-8-27)20-13-18-3-2-9-30(24(18)15-20)26(33)36-21-6-12-35-16-21/h4-5,14,18,20-21,24H,2-3,6-13,15-17H2,1H3/t18?,20?,21-,24?/m1/s1. The molecule has 6 rings (SSSR count). The van der Waals surface area contributed by atoms with Crippen molar-refractivity contribution in [3.05, 3.63) is 29.6 Å². The summed E-state index contributed by atoms with van der Waals surface area (Å²) in [7, 11) is 1.39. The highest BCUT2D eigenvalue weighted by Crippen LogP contribution is 2.49. The zero-order chi connectivity index (χ0) is 24.9. The van der Waals surface area contributed by atoms with Gasteiger partial charge in [-0.05, 0) is 81.3 Å². The third kappa shape index (κ3) is 4.14. The summed E-state index contributed by atoms with van der Waals surface area (Å²) >= 11 is 0. The summed E-state index contributed by atoms with van der Waals surface area (Å²) in [4.78, 5) is 31.6. The van der Waals surface area contributed by atoms with Crippen LogP contribution in [-0.4, -0.2) is 86.7 Å². The smallest absolute Gasteiger partial charge is 0.414 e. The molecule has 4 fully saturated rings. The Morgan fingerprint density at radius 2 is 1.94 bits per heavy atom. The molecule has 4 atom stereocenters. The molecule has 36 heavy (non-hydrogen) atoms. The lowest BCUT2D eigenvalue weighted by atomic mass is 9.74. The van der Waals surface area contributed by atoms with Gasteiger partial charge in [0, 0.05) is 37.0 Å². The molecule has 1 aromatic carbocycles. The second kappa shape index (κ2) is 9.49. The van der Waals surface area contributed by atoms with Gasteiger partial charge in [-0.1, -0.05) is 0 Å². The molecule has 0 radical (unpaired) electrons. The number of likely N-dealkylation sites (tertiary alicyclic amines) is 2. The number of piperidine rings is 2. The molecule has 1 spiro atoms. The van der Waals surface area contributed by atoms with E-state index in [1.165, 1.54) is 13.2 Å². The lowest BCUT2D eigenvalue weighted by molar-refractivity contribution is 0.0286. The molecule has 4 heterocycles. The van der Waals surface area contributed by atoms with Crippen molar-refractivity contribution < 1.29 is 28.2 Å². The Morgan fingerprint density at radius 1 is 1.11 bits per heavy atom. The van der Waals surface area contributed by atoms with Crippen molar-refractivity contribution in [2.45, 2.75) is 68.5 Å². The van der Waals surface area contributed by atoms with Crippen LogP contribution in [0.25, 0.3) is 0 Å². The first-order valence-corrected chi connectivity index (χ1v) is 13.4. The van der Waals surface area contributed by atoms with E-state index in [2.05, 4.69) is 4.90 Å². The van der Waals surface area contributed by atoms with Gasteiger partial charge in [0.05, 0.1) is 26.0 Å². The van der Waals surface area contributed by atoms with E-state index >= 15 is 0 Å². The summed E-state index contributed by atoms with van der Waals surface area (Å²) in [5, 5.41) is 0. The molecular formula is C27H36FN3O5. The summed E-state index contributed by atoms with van der Waals surface area (Å²) < 4.78 is 30.4. The predicted molar refractivity (Wildman–Crippen MR) is 131 cm³/mol. The third-order valence-corrected chi connectivity index (χ3v) is 9.34. The molecule has 196 valence electrons. The van der Waals surface area contributed by atoms with Crippen LogP contribution in [0.3, 0.4) is 0 Å². The molecule has 9 heteroatoms. The number of hydrogen-bond donors (Lipinski definition) is 0. The number of benzene rings is 1. The van der Waals surface area contributed by atoms with Gasteiger partial charge in [0.2, 0.25) is 0 Å². The molecule has 0 N–H and O–H groups in total. The third-order valence-electron chi connectivity index (χ3n) is 9.34. The van der Waals surface area contributed by atoms with Crippen molar-refractivity contribution >= 4 is 17.9 Å². The lowest BCUT2D eigenvalue weighted by Gasteiger charge is -2.42. The van der Waals surface area contributed by atoms with E-state index in [9.17, 15) is 14.0 Å². The molecule has 5 aliphatic rings. The fraction of sp³-hybridized carbons (Fsp3) is 0.704. The first kappa shape index (κ1) is 24.0. The van der Waals surface area contributed by atoms with Gasteiger partial charge in [-0.25, -0.2) is 14.0 Å². The van der Waals surface area contributed by atoms with Crippen molar-refractivity contribution in [1.29, 1.82) is 0 Å². The van der Waals surface area contributed by atoms with Gasteiger partial charge in [0.25, 0.3) is 0 Å². The average molecular weight is 502 g/mol. The minimum absolute atomic E-state index is 0.114. The number of carbonyl (C=O) groups excluding carboxylic acids is 2. The van der Waals surface area contributed by atoms with Crippen LogP contribution in [0.4, 0.5) is 19.7 Å². The molecule has 3 saturated heterocycles. The Labute approximate surface area is 211 Å². The molecule has 1 saturated carbocycles. The van der Waals surface area contributed by atoms with Crippen molar-refractivity contribution in [3.8, 4) is 0 Å². The minimum Gasteiger partial charge on any atom is -0.452 e. The molecule has 0 bridgehead atoms. The summed E-state index contributed by atoms with van der Waals surface area (Å²) in [5.74, 6) is 0.251. The molecule has 1 aliphatic carbocycles. The molecular weight excluding hydrogens is 465 g/mol. The fourth-order valence-electron chi connectivity index (χ4n) is 7.46. The number of amides is 2. The normalized spacial score (nSPS) is 31.4. The predicted octanol–water partition coefficient (Wildman–Crippen LogP) is 3.91. The lowest BCUT2D eigenvalue weighted by Crippen LogP contribution is -2.49. The summed E-state index contributed by atoms with van der Waals surface area (Å²) in [6, 6.07) is 5.41. The summed E-state index contributed by atoms with van der Waals surface area (Å²) in [5.41, 5.74) is 1.45. The zero-order valence-electron chi connectivity index (χ0n) is 21.0. The first-order chi connectivity index (χ1) is 17.5. The minimum atomic E-state index is -0.391. The Kier molecular flexibility index (Phi) is 6.32.